The molecule has 0 amide bonds. The minimum atomic E-state index is -3.41. The van der Waals surface area contributed by atoms with Gasteiger partial charge < -0.3 is 5.32 Å². The molecule has 1 saturated carbocycles. The molecule has 0 bridgehead atoms. The summed E-state index contributed by atoms with van der Waals surface area (Å²) in [7, 11) is -1.55. The third kappa shape index (κ3) is 3.40. The van der Waals surface area contributed by atoms with Crippen molar-refractivity contribution in [2.24, 2.45) is 5.41 Å². The zero-order valence-electron chi connectivity index (χ0n) is 12.4. The Hall–Kier alpha value is -0.910. The molecule has 1 aliphatic rings. The lowest BCUT2D eigenvalue weighted by molar-refractivity contribution is 0.166. The van der Waals surface area contributed by atoms with E-state index in [0.29, 0.717) is 11.4 Å². The number of hydrogen-bond donors (Lipinski definition) is 2. The zero-order valence-corrected chi connectivity index (χ0v) is 13.3. The van der Waals surface area contributed by atoms with Gasteiger partial charge in [-0.2, -0.15) is 0 Å². The Labute approximate surface area is 122 Å². The molecule has 2 N–H and O–H groups in total. The van der Waals surface area contributed by atoms with E-state index < -0.39 is 10.0 Å². The van der Waals surface area contributed by atoms with Gasteiger partial charge in [0.25, 0.3) is 0 Å². The van der Waals surface area contributed by atoms with Crippen LogP contribution in [0.25, 0.3) is 0 Å². The van der Waals surface area contributed by atoms with E-state index in [1.165, 1.54) is 6.42 Å². The topological polar surface area (TPSA) is 58.2 Å². The molecule has 4 nitrogen and oxygen atoms in total. The molecule has 2 rings (SSSR count). The van der Waals surface area contributed by atoms with Crippen LogP contribution >= 0.6 is 0 Å². The number of hydrogen-bond acceptors (Lipinski definition) is 3. The van der Waals surface area contributed by atoms with Crippen molar-refractivity contribution in [2.75, 3.05) is 13.6 Å². The van der Waals surface area contributed by atoms with Gasteiger partial charge in [0.05, 0.1) is 4.90 Å². The average molecular weight is 296 g/mol. The molecular formula is C15H24N2O2S. The van der Waals surface area contributed by atoms with Gasteiger partial charge in [0.2, 0.25) is 10.0 Å². The van der Waals surface area contributed by atoms with Gasteiger partial charge in [-0.15, -0.1) is 0 Å². The van der Waals surface area contributed by atoms with Crippen LogP contribution in [0.1, 0.15) is 44.7 Å². The Bertz CT molecular complexity index is 565. The summed E-state index contributed by atoms with van der Waals surface area (Å²) in [6, 6.07) is 7.26. The molecule has 0 heterocycles. The van der Waals surface area contributed by atoms with Gasteiger partial charge in [-0.1, -0.05) is 25.5 Å². The second-order valence-electron chi connectivity index (χ2n) is 6.07. The highest BCUT2D eigenvalue weighted by Gasteiger charge is 2.33. The van der Waals surface area contributed by atoms with E-state index in [1.54, 1.807) is 18.2 Å². The minimum Gasteiger partial charge on any atom is -0.313 e. The smallest absolute Gasteiger partial charge is 0.240 e. The van der Waals surface area contributed by atoms with Gasteiger partial charge >= 0.3 is 0 Å². The van der Waals surface area contributed by atoms with E-state index in [1.807, 2.05) is 20.0 Å². The summed E-state index contributed by atoms with van der Waals surface area (Å²) in [4.78, 5) is 0.347. The molecule has 0 saturated heterocycles. The molecule has 0 aromatic heterocycles. The van der Waals surface area contributed by atoms with Crippen LogP contribution in [-0.2, 0) is 10.0 Å². The summed E-state index contributed by atoms with van der Waals surface area (Å²) >= 11 is 0. The maximum absolute atomic E-state index is 12.4. The van der Waals surface area contributed by atoms with Crippen LogP contribution in [0, 0.1) is 5.41 Å². The molecule has 1 atom stereocenters. The molecule has 112 valence electrons. The second kappa shape index (κ2) is 5.84. The van der Waals surface area contributed by atoms with Crippen LogP contribution < -0.4 is 10.0 Å². The Morgan fingerprint density at radius 3 is 2.60 bits per heavy atom. The summed E-state index contributed by atoms with van der Waals surface area (Å²) < 4.78 is 27.5. The normalized spacial score (nSPS) is 19.4. The highest BCUT2D eigenvalue weighted by atomic mass is 32.2. The Morgan fingerprint density at radius 1 is 1.35 bits per heavy atom. The van der Waals surface area contributed by atoms with Crippen LogP contribution in [0.5, 0.6) is 0 Å². The lowest BCUT2D eigenvalue weighted by atomic mass is 9.71. The van der Waals surface area contributed by atoms with Crippen molar-refractivity contribution in [3.63, 3.8) is 0 Å². The standard InChI is InChI=1S/C15H24N2O2S/c1-12(16-3)13-6-4-7-14(10-13)20(18,19)17-11-15(2)8-5-9-15/h4,6-7,10,12,16-17H,5,8-9,11H2,1-3H3. The van der Waals surface area contributed by atoms with Crippen molar-refractivity contribution in [1.29, 1.82) is 0 Å². The third-order valence-electron chi connectivity index (χ3n) is 4.35. The van der Waals surface area contributed by atoms with E-state index in [9.17, 15) is 8.42 Å². The Morgan fingerprint density at radius 2 is 2.05 bits per heavy atom. The van der Waals surface area contributed by atoms with Gasteiger partial charge in [0, 0.05) is 12.6 Å². The maximum atomic E-state index is 12.4. The van der Waals surface area contributed by atoms with E-state index in [-0.39, 0.29) is 11.5 Å². The monoisotopic (exact) mass is 296 g/mol. The molecule has 0 spiro atoms. The fraction of sp³-hybridized carbons (Fsp3) is 0.600. The van der Waals surface area contributed by atoms with Crippen LogP contribution in [0.3, 0.4) is 0 Å². The number of benzene rings is 1. The maximum Gasteiger partial charge on any atom is 0.240 e. The number of nitrogens with one attached hydrogen (secondary N) is 2. The molecule has 1 unspecified atom stereocenters. The first-order valence-corrected chi connectivity index (χ1v) is 8.62. The first kappa shape index (κ1) is 15.5. The van der Waals surface area contributed by atoms with Gasteiger partial charge in [-0.3, -0.25) is 0 Å². The fourth-order valence-electron chi connectivity index (χ4n) is 2.43. The van der Waals surface area contributed by atoms with E-state index in [2.05, 4.69) is 17.0 Å². The highest BCUT2D eigenvalue weighted by Crippen LogP contribution is 2.39. The predicted molar refractivity (Wildman–Crippen MR) is 81.1 cm³/mol. The number of rotatable bonds is 6. The lowest BCUT2D eigenvalue weighted by Crippen LogP contribution is -2.39. The van der Waals surface area contributed by atoms with E-state index in [0.717, 1.165) is 18.4 Å². The molecule has 1 aromatic carbocycles. The van der Waals surface area contributed by atoms with Crippen molar-refractivity contribution in [3.05, 3.63) is 29.8 Å². The largest absolute Gasteiger partial charge is 0.313 e. The molecular weight excluding hydrogens is 272 g/mol. The van der Waals surface area contributed by atoms with Crippen LogP contribution in [0.4, 0.5) is 0 Å². The van der Waals surface area contributed by atoms with Crippen LogP contribution in [-0.4, -0.2) is 22.0 Å². The quantitative estimate of drug-likeness (QED) is 0.847. The van der Waals surface area contributed by atoms with Crippen molar-refractivity contribution >= 4 is 10.0 Å². The lowest BCUT2D eigenvalue weighted by Gasteiger charge is -2.38. The summed E-state index contributed by atoms with van der Waals surface area (Å²) in [6.45, 7) is 4.67. The van der Waals surface area contributed by atoms with Gasteiger partial charge in [-0.25, -0.2) is 13.1 Å². The molecule has 0 aliphatic heterocycles. The van der Waals surface area contributed by atoms with Gasteiger partial charge in [-0.05, 0) is 49.9 Å². The second-order valence-corrected chi connectivity index (χ2v) is 7.84. The molecule has 1 aromatic rings. The SMILES string of the molecule is CNC(C)c1cccc(S(=O)(=O)NCC2(C)CCC2)c1. The first-order chi connectivity index (χ1) is 9.36. The third-order valence-corrected chi connectivity index (χ3v) is 5.75. The summed E-state index contributed by atoms with van der Waals surface area (Å²) in [6.07, 6.45) is 3.41. The van der Waals surface area contributed by atoms with E-state index in [4.69, 9.17) is 0 Å². The first-order valence-electron chi connectivity index (χ1n) is 7.13. The Kier molecular flexibility index (Phi) is 4.52. The Balaban J connectivity index is 2.12. The van der Waals surface area contributed by atoms with Crippen molar-refractivity contribution < 1.29 is 8.42 Å². The van der Waals surface area contributed by atoms with Gasteiger partial charge in [0.1, 0.15) is 0 Å². The minimum absolute atomic E-state index is 0.134. The highest BCUT2D eigenvalue weighted by molar-refractivity contribution is 7.89. The summed E-state index contributed by atoms with van der Waals surface area (Å²) in [5.74, 6) is 0. The summed E-state index contributed by atoms with van der Waals surface area (Å²) in [5, 5.41) is 3.12. The molecule has 20 heavy (non-hydrogen) atoms. The summed E-state index contributed by atoms with van der Waals surface area (Å²) in [5.41, 5.74) is 1.12. The van der Waals surface area contributed by atoms with Crippen molar-refractivity contribution in [2.45, 2.75) is 44.0 Å². The van der Waals surface area contributed by atoms with Crippen molar-refractivity contribution in [1.82, 2.24) is 10.0 Å². The molecule has 0 radical (unpaired) electrons. The molecule has 1 aliphatic carbocycles. The average Bonchev–Trinajstić information content (AvgIpc) is 2.42. The predicted octanol–water partition coefficient (Wildman–Crippen LogP) is 2.44. The fourth-order valence-corrected chi connectivity index (χ4v) is 3.68. The molecule has 1 fully saturated rings. The van der Waals surface area contributed by atoms with Crippen LogP contribution in [0.2, 0.25) is 0 Å². The van der Waals surface area contributed by atoms with Gasteiger partial charge in [0.15, 0.2) is 0 Å². The number of sulfonamides is 1. The zero-order chi connectivity index (χ0) is 14.8. The van der Waals surface area contributed by atoms with Crippen LogP contribution in [0.15, 0.2) is 29.2 Å². The van der Waals surface area contributed by atoms with E-state index >= 15 is 0 Å². The molecule has 5 heteroatoms. The van der Waals surface area contributed by atoms with Crippen molar-refractivity contribution in [3.8, 4) is 0 Å².